The number of amides is 1. The molecular weight excluding hydrogens is 594 g/mol. The third-order valence-corrected chi connectivity index (χ3v) is 7.00. The standard InChI is InChI=1S/C28H24ClN9O6/c1-15-9-21(10-16(2)23(15)29)43-14-19-11-17(7-8-22(19)42-3)13-31-33-28(39)24-25(18-5-4-6-20(12-18)38(40)41)37(36-32-24)27-26(30)34-44-35-27/h4-13H,14H2,1-3H3,(H2,30,34)(H,33,39)/b31-13-. The molecule has 0 saturated carbocycles. The summed E-state index contributed by atoms with van der Waals surface area (Å²) in [6, 6.07) is 14.6. The highest BCUT2D eigenvalue weighted by Crippen LogP contribution is 2.30. The van der Waals surface area contributed by atoms with Crippen molar-refractivity contribution in [2.45, 2.75) is 20.5 Å². The largest absolute Gasteiger partial charge is 0.496 e. The van der Waals surface area contributed by atoms with E-state index in [2.05, 4.69) is 35.8 Å². The lowest BCUT2D eigenvalue weighted by molar-refractivity contribution is -0.384. The van der Waals surface area contributed by atoms with Crippen LogP contribution in [0.3, 0.4) is 0 Å². The first-order valence-electron chi connectivity index (χ1n) is 12.8. The van der Waals surface area contributed by atoms with Gasteiger partial charge in [0.25, 0.3) is 11.6 Å². The van der Waals surface area contributed by atoms with E-state index in [0.717, 1.165) is 21.4 Å². The first kappa shape index (κ1) is 29.7. The normalized spacial score (nSPS) is 11.1. The molecule has 0 unspecified atom stereocenters. The number of nitro benzene ring substituents is 1. The monoisotopic (exact) mass is 617 g/mol. The van der Waals surface area contributed by atoms with Crippen LogP contribution in [-0.2, 0) is 6.61 Å². The number of rotatable bonds is 10. The van der Waals surface area contributed by atoms with Gasteiger partial charge in [0, 0.05) is 28.3 Å². The lowest BCUT2D eigenvalue weighted by Crippen LogP contribution is -2.19. The molecule has 0 spiro atoms. The van der Waals surface area contributed by atoms with Gasteiger partial charge in [-0.15, -0.1) is 5.10 Å². The molecule has 0 atom stereocenters. The van der Waals surface area contributed by atoms with Gasteiger partial charge in [-0.25, -0.2) is 10.1 Å². The number of aromatic nitrogens is 5. The summed E-state index contributed by atoms with van der Waals surface area (Å²) in [4.78, 5) is 24.0. The summed E-state index contributed by atoms with van der Waals surface area (Å²) in [6.07, 6.45) is 1.43. The molecule has 0 aliphatic carbocycles. The molecule has 2 aromatic heterocycles. The molecule has 0 bridgehead atoms. The molecule has 1 amide bonds. The zero-order valence-corrected chi connectivity index (χ0v) is 24.3. The Morgan fingerprint density at radius 2 is 1.95 bits per heavy atom. The van der Waals surface area contributed by atoms with Gasteiger partial charge in [-0.2, -0.15) is 9.78 Å². The summed E-state index contributed by atoms with van der Waals surface area (Å²) >= 11 is 6.27. The fraction of sp³-hybridized carbons (Fsp3) is 0.143. The molecule has 0 saturated heterocycles. The van der Waals surface area contributed by atoms with Crippen molar-refractivity contribution in [2.24, 2.45) is 5.10 Å². The number of nitrogens with one attached hydrogen (secondary N) is 1. The molecule has 0 radical (unpaired) electrons. The Labute approximate surface area is 254 Å². The second kappa shape index (κ2) is 12.6. The highest BCUT2D eigenvalue weighted by molar-refractivity contribution is 6.32. The summed E-state index contributed by atoms with van der Waals surface area (Å²) in [5.41, 5.74) is 11.3. The van der Waals surface area contributed by atoms with Crippen LogP contribution in [0, 0.1) is 24.0 Å². The summed E-state index contributed by atoms with van der Waals surface area (Å²) in [7, 11) is 1.55. The number of benzene rings is 3. The van der Waals surface area contributed by atoms with Crippen LogP contribution in [0.4, 0.5) is 11.5 Å². The van der Waals surface area contributed by atoms with Crippen LogP contribution in [0.25, 0.3) is 17.1 Å². The topological polar surface area (TPSA) is 199 Å². The Morgan fingerprint density at radius 1 is 1.18 bits per heavy atom. The SMILES string of the molecule is COc1ccc(/C=N\NC(=O)c2nnn(-c3nonc3N)c2-c2cccc([N+](=O)[O-])c2)cc1COc1cc(C)c(Cl)c(C)c1. The third-order valence-electron chi connectivity index (χ3n) is 6.40. The zero-order chi connectivity index (χ0) is 31.4. The molecule has 16 heteroatoms. The number of carbonyl (C=O) groups excluding carboxylic acids is 1. The number of hydrogen-bond acceptors (Lipinski definition) is 12. The number of ether oxygens (including phenoxy) is 2. The number of hydrogen-bond donors (Lipinski definition) is 2. The number of non-ortho nitro benzene ring substituents is 1. The molecule has 5 aromatic rings. The van der Waals surface area contributed by atoms with Gasteiger partial charge in [-0.3, -0.25) is 14.9 Å². The lowest BCUT2D eigenvalue weighted by atomic mass is 10.1. The van der Waals surface area contributed by atoms with Crippen molar-refractivity contribution >= 4 is 35.2 Å². The molecule has 0 aliphatic heterocycles. The van der Waals surface area contributed by atoms with E-state index < -0.39 is 10.8 Å². The number of aryl methyl sites for hydroxylation is 2. The van der Waals surface area contributed by atoms with Gasteiger partial charge >= 0.3 is 0 Å². The molecule has 3 aromatic carbocycles. The van der Waals surface area contributed by atoms with Crippen LogP contribution in [0.5, 0.6) is 11.5 Å². The van der Waals surface area contributed by atoms with Crippen molar-refractivity contribution < 1.29 is 23.8 Å². The first-order valence-corrected chi connectivity index (χ1v) is 13.2. The maximum absolute atomic E-state index is 13.2. The van der Waals surface area contributed by atoms with Crippen molar-refractivity contribution in [3.05, 3.63) is 97.7 Å². The van der Waals surface area contributed by atoms with Gasteiger partial charge < -0.3 is 15.2 Å². The number of nitro groups is 1. The van der Waals surface area contributed by atoms with Crippen LogP contribution in [-0.4, -0.2) is 49.5 Å². The maximum Gasteiger partial charge on any atom is 0.294 e. The third kappa shape index (κ3) is 6.17. The Hall–Kier alpha value is -5.83. The van der Waals surface area contributed by atoms with Crippen molar-refractivity contribution in [1.29, 1.82) is 0 Å². The molecule has 224 valence electrons. The average Bonchev–Trinajstić information content (AvgIpc) is 3.64. The molecule has 3 N–H and O–H groups in total. The number of nitrogens with zero attached hydrogens (tertiary/aromatic N) is 7. The van der Waals surface area contributed by atoms with Crippen molar-refractivity contribution in [1.82, 2.24) is 30.7 Å². The van der Waals surface area contributed by atoms with E-state index in [9.17, 15) is 14.9 Å². The summed E-state index contributed by atoms with van der Waals surface area (Å²) in [5, 5.41) is 31.3. The fourth-order valence-electron chi connectivity index (χ4n) is 4.31. The molecular formula is C28H24ClN9O6. The van der Waals surface area contributed by atoms with Crippen molar-refractivity contribution in [2.75, 3.05) is 12.8 Å². The number of hydrazone groups is 1. The summed E-state index contributed by atoms with van der Waals surface area (Å²) in [6.45, 7) is 4.01. The highest BCUT2D eigenvalue weighted by Gasteiger charge is 2.26. The van der Waals surface area contributed by atoms with Crippen LogP contribution in [0.2, 0.25) is 5.02 Å². The number of halogens is 1. The molecule has 0 fully saturated rings. The average molecular weight is 618 g/mol. The van der Waals surface area contributed by atoms with E-state index in [0.29, 0.717) is 22.1 Å². The second-order valence-corrected chi connectivity index (χ2v) is 9.79. The Balaban J connectivity index is 1.38. The van der Waals surface area contributed by atoms with E-state index in [1.807, 2.05) is 26.0 Å². The van der Waals surface area contributed by atoms with Crippen LogP contribution < -0.4 is 20.6 Å². The minimum Gasteiger partial charge on any atom is -0.496 e. The molecule has 2 heterocycles. The molecule has 44 heavy (non-hydrogen) atoms. The molecule has 15 nitrogen and oxygen atoms in total. The number of anilines is 1. The minimum absolute atomic E-state index is 0.0559. The summed E-state index contributed by atoms with van der Waals surface area (Å²) < 4.78 is 17.2. The Bertz CT molecular complexity index is 1880. The maximum atomic E-state index is 13.2. The Morgan fingerprint density at radius 3 is 2.64 bits per heavy atom. The van der Waals surface area contributed by atoms with E-state index in [1.165, 1.54) is 24.4 Å². The molecule has 5 rings (SSSR count). The van der Waals surface area contributed by atoms with Gasteiger partial charge in [0.15, 0.2) is 5.69 Å². The van der Waals surface area contributed by atoms with Gasteiger partial charge in [-0.1, -0.05) is 28.9 Å². The summed E-state index contributed by atoms with van der Waals surface area (Å²) in [5.74, 6) is 0.321. The van der Waals surface area contributed by atoms with Crippen LogP contribution in [0.15, 0.2) is 64.3 Å². The predicted molar refractivity (Wildman–Crippen MR) is 159 cm³/mol. The van der Waals surface area contributed by atoms with E-state index >= 15 is 0 Å². The van der Waals surface area contributed by atoms with E-state index in [4.69, 9.17) is 26.8 Å². The van der Waals surface area contributed by atoms with Crippen molar-refractivity contribution in [3.8, 4) is 28.6 Å². The first-order chi connectivity index (χ1) is 21.2. The molecule has 0 aliphatic rings. The quantitative estimate of drug-likeness (QED) is 0.128. The van der Waals surface area contributed by atoms with Crippen LogP contribution >= 0.6 is 11.6 Å². The second-order valence-electron chi connectivity index (χ2n) is 9.41. The van der Waals surface area contributed by atoms with Crippen LogP contribution in [0.1, 0.15) is 32.7 Å². The van der Waals surface area contributed by atoms with Gasteiger partial charge in [0.2, 0.25) is 11.6 Å². The lowest BCUT2D eigenvalue weighted by Gasteiger charge is -2.13. The number of nitrogen functional groups attached to an aromatic ring is 1. The fourth-order valence-corrected chi connectivity index (χ4v) is 4.42. The zero-order valence-electron chi connectivity index (χ0n) is 23.5. The minimum atomic E-state index is -0.755. The predicted octanol–water partition coefficient (Wildman–Crippen LogP) is 4.43. The number of carbonyl (C=O) groups is 1. The number of methoxy groups -OCH3 is 1. The Kier molecular flexibility index (Phi) is 8.48. The smallest absolute Gasteiger partial charge is 0.294 e. The van der Waals surface area contributed by atoms with E-state index in [-0.39, 0.29) is 40.9 Å². The highest BCUT2D eigenvalue weighted by atomic mass is 35.5. The van der Waals surface area contributed by atoms with E-state index in [1.54, 1.807) is 31.4 Å². The van der Waals surface area contributed by atoms with Gasteiger partial charge in [-0.05, 0) is 71.2 Å². The number of nitrogens with two attached hydrogens (primary N) is 1. The van der Waals surface area contributed by atoms with Gasteiger partial charge in [0.05, 0.1) is 18.2 Å². The van der Waals surface area contributed by atoms with Gasteiger partial charge in [0.1, 0.15) is 23.8 Å². The van der Waals surface area contributed by atoms with Crippen molar-refractivity contribution in [3.63, 3.8) is 0 Å².